The molecule has 7 nitrogen and oxygen atoms in total. The summed E-state index contributed by atoms with van der Waals surface area (Å²) in [5.41, 5.74) is 5.49. The number of carboxylic acids is 1. The number of aromatic nitrogens is 2. The lowest BCUT2D eigenvalue weighted by molar-refractivity contribution is -0.139. The smallest absolute Gasteiger partial charge is 0.347 e. The van der Waals surface area contributed by atoms with Crippen LogP contribution >= 0.6 is 0 Å². The van der Waals surface area contributed by atoms with Gasteiger partial charge in [0.25, 0.3) is 0 Å². The van der Waals surface area contributed by atoms with Gasteiger partial charge in [-0.3, -0.25) is 0 Å². The Morgan fingerprint density at radius 2 is 2.16 bits per heavy atom. The molecule has 0 unspecified atom stereocenters. The van der Waals surface area contributed by atoms with Crippen molar-refractivity contribution in [3.63, 3.8) is 0 Å². The average Bonchev–Trinajstić information content (AvgIpc) is 2.38. The van der Waals surface area contributed by atoms with E-state index in [2.05, 4.69) is 9.97 Å². The number of carboxylic acid groups (broad SMARTS) is 1. The van der Waals surface area contributed by atoms with Crippen LogP contribution in [0.1, 0.15) is 13.8 Å². The Balaban J connectivity index is 0.000000861. The van der Waals surface area contributed by atoms with E-state index >= 15 is 0 Å². The first kappa shape index (κ1) is 14.5. The second kappa shape index (κ2) is 6.39. The fraction of sp³-hybridized carbons (Fsp3) is 0.250. The monoisotopic (exact) mass is 265 g/mol. The van der Waals surface area contributed by atoms with Gasteiger partial charge in [0.15, 0.2) is 6.61 Å². The Hall–Kier alpha value is -2.57. The van der Waals surface area contributed by atoms with Gasteiger partial charge in [0.05, 0.1) is 10.9 Å². The summed E-state index contributed by atoms with van der Waals surface area (Å²) in [6.07, 6.45) is 0. The van der Waals surface area contributed by atoms with E-state index in [1.807, 2.05) is 13.8 Å². The Morgan fingerprint density at radius 1 is 1.47 bits per heavy atom. The van der Waals surface area contributed by atoms with Crippen LogP contribution in [-0.4, -0.2) is 27.7 Å². The van der Waals surface area contributed by atoms with Gasteiger partial charge >= 0.3 is 11.7 Å². The lowest BCUT2D eigenvalue weighted by Crippen LogP contribution is -2.14. The van der Waals surface area contributed by atoms with Crippen LogP contribution in [0.4, 0.5) is 5.82 Å². The third-order valence-corrected chi connectivity index (χ3v) is 2.10. The van der Waals surface area contributed by atoms with Crippen molar-refractivity contribution in [3.05, 3.63) is 28.7 Å². The summed E-state index contributed by atoms with van der Waals surface area (Å²) in [4.78, 5) is 27.5. The summed E-state index contributed by atoms with van der Waals surface area (Å²) in [5.74, 6) is -0.825. The maximum atomic E-state index is 11.1. The molecule has 0 aliphatic heterocycles. The third-order valence-electron chi connectivity index (χ3n) is 2.10. The molecule has 0 spiro atoms. The number of anilines is 1. The fourth-order valence-corrected chi connectivity index (χ4v) is 1.47. The van der Waals surface area contributed by atoms with E-state index in [4.69, 9.17) is 15.6 Å². The number of carbonyl (C=O) groups is 1. The number of nitrogens with two attached hydrogens (primary N) is 1. The highest BCUT2D eigenvalue weighted by molar-refractivity contribution is 5.93. The van der Waals surface area contributed by atoms with Crippen LogP contribution < -0.4 is 16.2 Å². The van der Waals surface area contributed by atoms with Gasteiger partial charge in [0.1, 0.15) is 11.6 Å². The number of nitrogens with zero attached hydrogens (tertiary/aromatic N) is 1. The molecule has 0 radical (unpaired) electrons. The summed E-state index contributed by atoms with van der Waals surface area (Å²) in [5, 5.41) is 8.93. The van der Waals surface area contributed by atoms with E-state index in [9.17, 15) is 9.59 Å². The van der Waals surface area contributed by atoms with Crippen molar-refractivity contribution in [1.82, 2.24) is 9.97 Å². The number of ether oxygens (including phenoxy) is 1. The lowest BCUT2D eigenvalue weighted by atomic mass is 10.2. The molecule has 19 heavy (non-hydrogen) atoms. The summed E-state index contributed by atoms with van der Waals surface area (Å²) in [6, 6.07) is 4.80. The zero-order valence-corrected chi connectivity index (χ0v) is 10.6. The first-order valence-electron chi connectivity index (χ1n) is 5.71. The van der Waals surface area contributed by atoms with Crippen molar-refractivity contribution in [1.29, 1.82) is 0 Å². The topological polar surface area (TPSA) is 118 Å². The Kier molecular flexibility index (Phi) is 4.87. The normalized spacial score (nSPS) is 9.58. The van der Waals surface area contributed by atoms with Crippen LogP contribution in [0.2, 0.25) is 0 Å². The highest BCUT2D eigenvalue weighted by Gasteiger charge is 2.09. The molecule has 4 N–H and O–H groups in total. The van der Waals surface area contributed by atoms with Crippen molar-refractivity contribution < 1.29 is 14.6 Å². The Bertz CT molecular complexity index is 636. The SMILES string of the molecule is CC.Nc1nc(=O)[nH]c2cccc(OCC(=O)O)c12. The molecular formula is C12H15N3O4. The van der Waals surface area contributed by atoms with Gasteiger partial charge in [0, 0.05) is 0 Å². The molecule has 0 amide bonds. The van der Waals surface area contributed by atoms with Crippen LogP contribution in [0.25, 0.3) is 10.9 Å². The van der Waals surface area contributed by atoms with E-state index in [0.29, 0.717) is 10.9 Å². The van der Waals surface area contributed by atoms with Crippen molar-refractivity contribution in [2.75, 3.05) is 12.3 Å². The number of nitrogen functional groups attached to an aromatic ring is 1. The number of hydrogen-bond donors (Lipinski definition) is 3. The second-order valence-corrected chi connectivity index (χ2v) is 3.29. The molecule has 1 aromatic carbocycles. The number of nitrogens with one attached hydrogen (secondary N) is 1. The van der Waals surface area contributed by atoms with Crippen LogP contribution in [0.5, 0.6) is 5.75 Å². The van der Waals surface area contributed by atoms with Crippen LogP contribution in [-0.2, 0) is 4.79 Å². The van der Waals surface area contributed by atoms with Gasteiger partial charge in [0.2, 0.25) is 0 Å². The van der Waals surface area contributed by atoms with E-state index in [-0.39, 0.29) is 11.6 Å². The number of aliphatic carboxylic acids is 1. The van der Waals surface area contributed by atoms with E-state index < -0.39 is 18.3 Å². The Labute approximate surface area is 109 Å². The molecule has 7 heteroatoms. The highest BCUT2D eigenvalue weighted by Crippen LogP contribution is 2.26. The van der Waals surface area contributed by atoms with Gasteiger partial charge in [-0.2, -0.15) is 4.98 Å². The molecule has 1 aromatic heterocycles. The molecule has 102 valence electrons. The van der Waals surface area contributed by atoms with Crippen molar-refractivity contribution in [2.24, 2.45) is 0 Å². The molecule has 2 rings (SSSR count). The molecule has 0 atom stereocenters. The predicted octanol–water partition coefficient (Wildman–Crippen LogP) is 0.995. The lowest BCUT2D eigenvalue weighted by Gasteiger charge is -2.08. The Morgan fingerprint density at radius 3 is 2.79 bits per heavy atom. The minimum absolute atomic E-state index is 0.00439. The first-order valence-corrected chi connectivity index (χ1v) is 5.71. The molecule has 0 bridgehead atoms. The van der Waals surface area contributed by atoms with Crippen LogP contribution in [0.15, 0.2) is 23.0 Å². The molecular weight excluding hydrogens is 250 g/mol. The summed E-state index contributed by atoms with van der Waals surface area (Å²) < 4.78 is 5.06. The molecule has 2 aromatic rings. The zero-order valence-electron chi connectivity index (χ0n) is 10.6. The number of rotatable bonds is 3. The zero-order chi connectivity index (χ0) is 14.4. The van der Waals surface area contributed by atoms with E-state index in [1.165, 1.54) is 0 Å². The average molecular weight is 265 g/mol. The van der Waals surface area contributed by atoms with Crippen LogP contribution in [0.3, 0.4) is 0 Å². The van der Waals surface area contributed by atoms with E-state index in [0.717, 1.165) is 0 Å². The standard InChI is InChI=1S/C10H9N3O4.C2H6/c11-9-8-5(12-10(16)13-9)2-1-3-6(8)17-4-7(14)15;1-2/h1-3H,4H2,(H,14,15)(H3,11,12,13,16);1-2H3. The van der Waals surface area contributed by atoms with Gasteiger partial charge in [-0.15, -0.1) is 0 Å². The molecule has 0 saturated carbocycles. The minimum Gasteiger partial charge on any atom is -0.481 e. The van der Waals surface area contributed by atoms with Gasteiger partial charge in [-0.1, -0.05) is 19.9 Å². The molecule has 0 aliphatic rings. The largest absolute Gasteiger partial charge is 0.481 e. The number of aromatic amines is 1. The molecule has 1 heterocycles. The maximum absolute atomic E-state index is 11.1. The summed E-state index contributed by atoms with van der Waals surface area (Å²) in [7, 11) is 0. The second-order valence-electron chi connectivity index (χ2n) is 3.29. The number of fused-ring (bicyclic) bond motifs is 1. The highest BCUT2D eigenvalue weighted by atomic mass is 16.5. The maximum Gasteiger partial charge on any atom is 0.347 e. The minimum atomic E-state index is -1.10. The van der Waals surface area contributed by atoms with Gasteiger partial charge in [-0.05, 0) is 12.1 Å². The fourth-order valence-electron chi connectivity index (χ4n) is 1.47. The van der Waals surface area contributed by atoms with Gasteiger partial charge in [-0.25, -0.2) is 9.59 Å². The number of hydrogen-bond acceptors (Lipinski definition) is 5. The molecule has 0 saturated heterocycles. The van der Waals surface area contributed by atoms with Gasteiger partial charge < -0.3 is 20.6 Å². The van der Waals surface area contributed by atoms with Crippen molar-refractivity contribution >= 4 is 22.7 Å². The summed E-state index contributed by atoms with van der Waals surface area (Å²) >= 11 is 0. The van der Waals surface area contributed by atoms with E-state index in [1.54, 1.807) is 18.2 Å². The van der Waals surface area contributed by atoms with Crippen molar-refractivity contribution in [2.45, 2.75) is 13.8 Å². The quantitative estimate of drug-likeness (QED) is 0.761. The molecule has 0 fully saturated rings. The number of benzene rings is 1. The first-order chi connectivity index (χ1) is 9.08. The van der Waals surface area contributed by atoms with Crippen LogP contribution in [0, 0.1) is 0 Å². The third kappa shape index (κ3) is 3.44. The van der Waals surface area contributed by atoms with Crippen molar-refractivity contribution in [3.8, 4) is 5.75 Å². The molecule has 0 aliphatic carbocycles. The number of H-pyrrole nitrogens is 1. The summed E-state index contributed by atoms with van der Waals surface area (Å²) in [6.45, 7) is 3.51. The predicted molar refractivity (Wildman–Crippen MR) is 71.3 cm³/mol.